The molecule has 0 aliphatic heterocycles. The fourth-order valence-electron chi connectivity index (χ4n) is 1.50. The summed E-state index contributed by atoms with van der Waals surface area (Å²) in [6.45, 7) is -0.209. The minimum atomic E-state index is -1.11. The van der Waals surface area contributed by atoms with Crippen LogP contribution in [0.15, 0.2) is 42.7 Å². The molecule has 0 atom stereocenters. The van der Waals surface area contributed by atoms with Gasteiger partial charge >= 0.3 is 5.97 Å². The van der Waals surface area contributed by atoms with Crippen LogP contribution in [0.5, 0.6) is 5.75 Å². The molecule has 1 amide bonds. The third-order valence-electron chi connectivity index (χ3n) is 2.45. The zero-order valence-corrected chi connectivity index (χ0v) is 11.5. The summed E-state index contributed by atoms with van der Waals surface area (Å²) in [5.74, 6) is -1.03. The van der Waals surface area contributed by atoms with Crippen LogP contribution in [0.1, 0.15) is 10.4 Å². The number of rotatable bonds is 5. The number of nitrogens with zero attached hydrogens (tertiary/aromatic N) is 1. The summed E-state index contributed by atoms with van der Waals surface area (Å²) in [7, 11) is 0. The van der Waals surface area contributed by atoms with Crippen molar-refractivity contribution in [2.45, 2.75) is 0 Å². The number of nitrogens with one attached hydrogen (secondary N) is 1. The molecule has 1 aromatic carbocycles. The van der Waals surface area contributed by atoms with Gasteiger partial charge in [-0.3, -0.25) is 9.78 Å². The molecule has 7 heteroatoms. The predicted octanol–water partition coefficient (Wildman–Crippen LogP) is 2.45. The first kappa shape index (κ1) is 14.8. The van der Waals surface area contributed by atoms with Crippen molar-refractivity contribution in [2.75, 3.05) is 11.9 Å². The molecule has 0 radical (unpaired) electrons. The van der Waals surface area contributed by atoms with Gasteiger partial charge in [0.1, 0.15) is 5.75 Å². The minimum Gasteiger partial charge on any atom is -0.484 e. The largest absolute Gasteiger partial charge is 0.484 e. The SMILES string of the molecule is O=C(COc1ccc(Cl)cc1)Nc1cncc(C(=O)O)c1. The molecule has 6 nitrogen and oxygen atoms in total. The Labute approximate surface area is 125 Å². The molecular formula is C14H11ClN2O4. The number of pyridine rings is 1. The molecule has 0 aliphatic rings. The van der Waals surface area contributed by atoms with Gasteiger partial charge in [-0.25, -0.2) is 4.79 Å². The topological polar surface area (TPSA) is 88.5 Å². The quantitative estimate of drug-likeness (QED) is 0.885. The van der Waals surface area contributed by atoms with E-state index in [-0.39, 0.29) is 12.2 Å². The Balaban J connectivity index is 1.91. The standard InChI is InChI=1S/C14H11ClN2O4/c15-10-1-3-12(4-2-10)21-8-13(18)17-11-5-9(14(19)20)6-16-7-11/h1-7H,8H2,(H,17,18)(H,19,20). The second-order valence-electron chi connectivity index (χ2n) is 4.06. The Hall–Kier alpha value is -2.60. The molecular weight excluding hydrogens is 296 g/mol. The van der Waals surface area contributed by atoms with Gasteiger partial charge in [-0.2, -0.15) is 0 Å². The average molecular weight is 307 g/mol. The van der Waals surface area contributed by atoms with Crippen molar-refractivity contribution in [1.29, 1.82) is 0 Å². The number of carbonyl (C=O) groups excluding carboxylic acids is 1. The highest BCUT2D eigenvalue weighted by Gasteiger charge is 2.07. The molecule has 21 heavy (non-hydrogen) atoms. The van der Waals surface area contributed by atoms with E-state index in [1.807, 2.05) is 0 Å². The third kappa shape index (κ3) is 4.47. The fourth-order valence-corrected chi connectivity index (χ4v) is 1.63. The number of amides is 1. The molecule has 108 valence electrons. The molecule has 0 fully saturated rings. The van der Waals surface area contributed by atoms with Crippen molar-refractivity contribution >= 4 is 29.2 Å². The van der Waals surface area contributed by atoms with Gasteiger partial charge in [0.2, 0.25) is 0 Å². The smallest absolute Gasteiger partial charge is 0.337 e. The highest BCUT2D eigenvalue weighted by Crippen LogP contribution is 2.15. The third-order valence-corrected chi connectivity index (χ3v) is 2.70. The van der Waals surface area contributed by atoms with Crippen molar-refractivity contribution in [1.82, 2.24) is 4.98 Å². The van der Waals surface area contributed by atoms with Crippen molar-refractivity contribution in [2.24, 2.45) is 0 Å². The summed E-state index contributed by atoms with van der Waals surface area (Å²) in [6.07, 6.45) is 2.55. The Morgan fingerprint density at radius 3 is 2.62 bits per heavy atom. The molecule has 2 rings (SSSR count). The Kier molecular flexibility index (Phi) is 4.73. The van der Waals surface area contributed by atoms with Crippen molar-refractivity contribution in [3.63, 3.8) is 0 Å². The van der Waals surface area contributed by atoms with Crippen molar-refractivity contribution in [3.05, 3.63) is 53.3 Å². The highest BCUT2D eigenvalue weighted by molar-refractivity contribution is 6.30. The Morgan fingerprint density at radius 2 is 1.95 bits per heavy atom. The molecule has 0 bridgehead atoms. The molecule has 2 N–H and O–H groups in total. The second-order valence-corrected chi connectivity index (χ2v) is 4.49. The van der Waals surface area contributed by atoms with Crippen LogP contribution in [0.3, 0.4) is 0 Å². The lowest BCUT2D eigenvalue weighted by Crippen LogP contribution is -2.20. The monoisotopic (exact) mass is 306 g/mol. The number of hydrogen-bond acceptors (Lipinski definition) is 4. The van der Waals surface area contributed by atoms with Gasteiger partial charge in [-0.15, -0.1) is 0 Å². The van der Waals surface area contributed by atoms with Crippen LogP contribution in [0, 0.1) is 0 Å². The molecule has 0 aliphatic carbocycles. The van der Waals surface area contributed by atoms with Gasteiger partial charge < -0.3 is 15.2 Å². The van der Waals surface area contributed by atoms with Gasteiger partial charge in [-0.05, 0) is 30.3 Å². The van der Waals surface area contributed by atoms with E-state index in [2.05, 4.69) is 10.3 Å². The molecule has 2 aromatic rings. The van der Waals surface area contributed by atoms with E-state index >= 15 is 0 Å². The minimum absolute atomic E-state index is 0.00794. The maximum atomic E-state index is 11.7. The predicted molar refractivity (Wildman–Crippen MR) is 76.8 cm³/mol. The highest BCUT2D eigenvalue weighted by atomic mass is 35.5. The number of aromatic nitrogens is 1. The number of carboxylic acids is 1. The number of carboxylic acid groups (broad SMARTS) is 1. The lowest BCUT2D eigenvalue weighted by molar-refractivity contribution is -0.118. The maximum absolute atomic E-state index is 11.7. The fraction of sp³-hybridized carbons (Fsp3) is 0.0714. The van der Waals surface area contributed by atoms with E-state index in [4.69, 9.17) is 21.4 Å². The van der Waals surface area contributed by atoms with Crippen molar-refractivity contribution < 1.29 is 19.4 Å². The molecule has 1 heterocycles. The summed E-state index contributed by atoms with van der Waals surface area (Å²) in [5.41, 5.74) is 0.283. The van der Waals surface area contributed by atoms with E-state index in [1.165, 1.54) is 18.5 Å². The Morgan fingerprint density at radius 1 is 1.24 bits per heavy atom. The second kappa shape index (κ2) is 6.71. The lowest BCUT2D eigenvalue weighted by Gasteiger charge is -2.07. The first-order chi connectivity index (χ1) is 10.0. The molecule has 0 unspecified atom stereocenters. The van der Waals surface area contributed by atoms with Crippen LogP contribution in [0.2, 0.25) is 5.02 Å². The first-order valence-corrected chi connectivity index (χ1v) is 6.29. The van der Waals surface area contributed by atoms with Gasteiger partial charge in [0.05, 0.1) is 17.4 Å². The summed E-state index contributed by atoms with van der Waals surface area (Å²) in [5, 5.41) is 11.9. The van der Waals surface area contributed by atoms with E-state index in [0.717, 1.165) is 0 Å². The van der Waals surface area contributed by atoms with E-state index in [0.29, 0.717) is 16.5 Å². The van der Waals surface area contributed by atoms with E-state index < -0.39 is 11.9 Å². The number of benzene rings is 1. The zero-order valence-electron chi connectivity index (χ0n) is 10.7. The van der Waals surface area contributed by atoms with E-state index in [9.17, 15) is 9.59 Å². The van der Waals surface area contributed by atoms with Crippen LogP contribution in [-0.2, 0) is 4.79 Å². The van der Waals surface area contributed by atoms with Crippen LogP contribution in [0.4, 0.5) is 5.69 Å². The number of hydrogen-bond donors (Lipinski definition) is 2. The first-order valence-electron chi connectivity index (χ1n) is 5.91. The molecule has 0 saturated carbocycles. The number of ether oxygens (including phenoxy) is 1. The lowest BCUT2D eigenvalue weighted by atomic mass is 10.2. The number of halogens is 1. The van der Waals surface area contributed by atoms with Gasteiger partial charge in [0, 0.05) is 11.2 Å². The summed E-state index contributed by atoms with van der Waals surface area (Å²) in [4.78, 5) is 26.2. The maximum Gasteiger partial charge on any atom is 0.337 e. The number of aromatic carboxylic acids is 1. The number of anilines is 1. The normalized spacial score (nSPS) is 9.95. The van der Waals surface area contributed by atoms with E-state index in [1.54, 1.807) is 24.3 Å². The zero-order chi connectivity index (χ0) is 15.2. The summed E-state index contributed by atoms with van der Waals surface area (Å²) >= 11 is 5.73. The van der Waals surface area contributed by atoms with Gasteiger partial charge in [0.15, 0.2) is 6.61 Å². The molecule has 0 saturated heterocycles. The molecule has 1 aromatic heterocycles. The van der Waals surface area contributed by atoms with Crippen LogP contribution in [0.25, 0.3) is 0 Å². The van der Waals surface area contributed by atoms with Crippen LogP contribution >= 0.6 is 11.6 Å². The average Bonchev–Trinajstić information content (AvgIpc) is 2.47. The van der Waals surface area contributed by atoms with Gasteiger partial charge in [-0.1, -0.05) is 11.6 Å². The Bertz CT molecular complexity index is 658. The molecule has 0 spiro atoms. The van der Waals surface area contributed by atoms with Crippen LogP contribution in [-0.4, -0.2) is 28.6 Å². The van der Waals surface area contributed by atoms with Crippen LogP contribution < -0.4 is 10.1 Å². The summed E-state index contributed by atoms with van der Waals surface area (Å²) in [6, 6.07) is 7.89. The van der Waals surface area contributed by atoms with Crippen molar-refractivity contribution in [3.8, 4) is 5.75 Å². The van der Waals surface area contributed by atoms with Gasteiger partial charge in [0.25, 0.3) is 5.91 Å². The number of carbonyl (C=O) groups is 2. The summed E-state index contributed by atoms with van der Waals surface area (Å²) < 4.78 is 5.27.